The first-order valence-corrected chi connectivity index (χ1v) is 9.92. The van der Waals surface area contributed by atoms with Gasteiger partial charge in [-0.25, -0.2) is 9.97 Å². The molecule has 26 heavy (non-hydrogen) atoms. The van der Waals surface area contributed by atoms with E-state index in [0.29, 0.717) is 25.9 Å². The van der Waals surface area contributed by atoms with Crippen LogP contribution in [0.5, 0.6) is 5.06 Å². The van der Waals surface area contributed by atoms with Crippen molar-refractivity contribution in [2.24, 2.45) is 5.92 Å². The number of aryl methyl sites for hydroxylation is 1. The molecular weight excluding hydrogens is 350 g/mol. The van der Waals surface area contributed by atoms with E-state index >= 15 is 0 Å². The van der Waals surface area contributed by atoms with Crippen LogP contribution in [-0.4, -0.2) is 41.2 Å². The Bertz CT molecular complexity index is 754. The van der Waals surface area contributed by atoms with Crippen LogP contribution in [0.15, 0.2) is 18.3 Å². The molecule has 0 saturated carbocycles. The van der Waals surface area contributed by atoms with Crippen molar-refractivity contribution in [3.8, 4) is 15.6 Å². The van der Waals surface area contributed by atoms with Gasteiger partial charge in [0, 0.05) is 19.3 Å². The molecule has 0 atom stereocenters. The first-order valence-electron chi connectivity index (χ1n) is 9.10. The number of carbonyl (C=O) groups is 1. The Morgan fingerprint density at radius 2 is 2.15 bits per heavy atom. The molecule has 0 spiro atoms. The molecule has 1 saturated heterocycles. The van der Waals surface area contributed by atoms with Crippen LogP contribution in [-0.2, 0) is 11.2 Å². The lowest BCUT2D eigenvalue weighted by Gasteiger charge is -2.32. The minimum Gasteiger partial charge on any atom is -0.487 e. The van der Waals surface area contributed by atoms with Crippen LogP contribution in [0.1, 0.15) is 38.3 Å². The molecule has 2 aromatic heterocycles. The maximum Gasteiger partial charge on any atom is 0.306 e. The Morgan fingerprint density at radius 3 is 2.77 bits per heavy atom. The number of unbranched alkanes of at least 4 members (excludes halogenated alkanes) is 1. The molecule has 0 amide bonds. The minimum atomic E-state index is -0.698. The van der Waals surface area contributed by atoms with Crippen molar-refractivity contribution in [1.29, 1.82) is 0 Å². The van der Waals surface area contributed by atoms with Gasteiger partial charge in [0.2, 0.25) is 0 Å². The summed E-state index contributed by atoms with van der Waals surface area (Å²) in [6.07, 6.45) is 6.26. The smallest absolute Gasteiger partial charge is 0.306 e. The van der Waals surface area contributed by atoms with E-state index in [1.54, 1.807) is 18.4 Å². The third kappa shape index (κ3) is 4.15. The predicted octanol–water partition coefficient (Wildman–Crippen LogP) is 3.86. The van der Waals surface area contributed by atoms with E-state index in [2.05, 4.69) is 11.8 Å². The molecule has 1 N–H and O–H groups in total. The number of nitrogens with zero attached hydrogens (tertiary/aromatic N) is 3. The fraction of sp³-hybridized carbons (Fsp3) is 0.526. The van der Waals surface area contributed by atoms with E-state index in [-0.39, 0.29) is 5.92 Å². The topological polar surface area (TPSA) is 75.5 Å². The van der Waals surface area contributed by atoms with Gasteiger partial charge in [-0.1, -0.05) is 24.7 Å². The number of aromatic nitrogens is 2. The van der Waals surface area contributed by atoms with Crippen LogP contribution in [0.2, 0.25) is 0 Å². The fourth-order valence-corrected chi connectivity index (χ4v) is 4.00. The van der Waals surface area contributed by atoms with E-state index in [1.165, 1.54) is 0 Å². The van der Waals surface area contributed by atoms with Crippen molar-refractivity contribution in [3.63, 3.8) is 0 Å². The highest BCUT2D eigenvalue weighted by Crippen LogP contribution is 2.37. The van der Waals surface area contributed by atoms with Crippen molar-refractivity contribution < 1.29 is 14.6 Å². The number of rotatable bonds is 7. The van der Waals surface area contributed by atoms with Gasteiger partial charge in [-0.05, 0) is 37.8 Å². The summed E-state index contributed by atoms with van der Waals surface area (Å²) in [5, 5.41) is 10.1. The highest BCUT2D eigenvalue weighted by atomic mass is 32.1. The molecule has 0 radical (unpaired) electrons. The minimum absolute atomic E-state index is 0.257. The van der Waals surface area contributed by atoms with Gasteiger partial charge in [0.25, 0.3) is 0 Å². The van der Waals surface area contributed by atoms with Crippen LogP contribution in [0.4, 0.5) is 5.82 Å². The van der Waals surface area contributed by atoms with Gasteiger partial charge in [-0.15, -0.1) is 0 Å². The number of methoxy groups -OCH3 is 1. The van der Waals surface area contributed by atoms with Crippen LogP contribution in [0.25, 0.3) is 10.6 Å². The van der Waals surface area contributed by atoms with Crippen molar-refractivity contribution in [1.82, 2.24) is 9.97 Å². The average molecular weight is 375 g/mol. The van der Waals surface area contributed by atoms with Crippen molar-refractivity contribution in [2.45, 2.75) is 39.0 Å². The monoisotopic (exact) mass is 375 g/mol. The zero-order chi connectivity index (χ0) is 18.5. The Hall–Kier alpha value is -2.15. The maximum absolute atomic E-state index is 11.2. The number of carboxylic acids is 1. The first-order chi connectivity index (χ1) is 12.6. The second kappa shape index (κ2) is 8.49. The van der Waals surface area contributed by atoms with Gasteiger partial charge in [0.1, 0.15) is 5.69 Å². The molecule has 0 unspecified atom stereocenters. The van der Waals surface area contributed by atoms with E-state index in [9.17, 15) is 9.90 Å². The van der Waals surface area contributed by atoms with Crippen molar-refractivity contribution in [3.05, 3.63) is 24.0 Å². The molecule has 1 aliphatic heterocycles. The molecule has 6 nitrogen and oxygen atoms in total. The third-order valence-electron chi connectivity index (χ3n) is 4.75. The fourth-order valence-electron chi connectivity index (χ4n) is 3.18. The Balaban J connectivity index is 1.90. The molecule has 0 bridgehead atoms. The van der Waals surface area contributed by atoms with E-state index in [0.717, 1.165) is 46.4 Å². The number of aliphatic carboxylic acids is 1. The molecule has 7 heteroatoms. The lowest BCUT2D eigenvalue weighted by atomic mass is 9.97. The van der Waals surface area contributed by atoms with Crippen LogP contribution < -0.4 is 9.64 Å². The quantitative estimate of drug-likeness (QED) is 0.792. The van der Waals surface area contributed by atoms with E-state index in [1.807, 2.05) is 18.3 Å². The lowest BCUT2D eigenvalue weighted by Crippen LogP contribution is -2.37. The van der Waals surface area contributed by atoms with Crippen LogP contribution in [0, 0.1) is 5.92 Å². The number of thiophene rings is 1. The average Bonchev–Trinajstić information content (AvgIpc) is 3.15. The number of anilines is 1. The summed E-state index contributed by atoms with van der Waals surface area (Å²) in [5.41, 5.74) is 1.85. The summed E-state index contributed by atoms with van der Waals surface area (Å²) < 4.78 is 5.31. The SMILES string of the molecule is CCCCc1cnc(-c2ccc(OC)s2)c(N2CCC(C(=O)O)CC2)n1. The Labute approximate surface area is 157 Å². The van der Waals surface area contributed by atoms with Gasteiger partial charge in [0.05, 0.1) is 23.6 Å². The number of hydrogen-bond donors (Lipinski definition) is 1. The van der Waals surface area contributed by atoms with Gasteiger partial charge < -0.3 is 14.7 Å². The molecule has 1 fully saturated rings. The highest BCUT2D eigenvalue weighted by Gasteiger charge is 2.27. The Kier molecular flexibility index (Phi) is 6.08. The largest absolute Gasteiger partial charge is 0.487 e. The highest BCUT2D eigenvalue weighted by molar-refractivity contribution is 7.17. The summed E-state index contributed by atoms with van der Waals surface area (Å²) in [5.74, 6) is -0.0876. The molecule has 2 aromatic rings. The maximum atomic E-state index is 11.2. The number of hydrogen-bond acceptors (Lipinski definition) is 6. The van der Waals surface area contributed by atoms with Gasteiger partial charge in [-0.3, -0.25) is 4.79 Å². The van der Waals surface area contributed by atoms with Gasteiger partial charge in [0.15, 0.2) is 10.9 Å². The second-order valence-corrected chi connectivity index (χ2v) is 7.61. The molecule has 3 rings (SSSR count). The van der Waals surface area contributed by atoms with E-state index < -0.39 is 5.97 Å². The summed E-state index contributed by atoms with van der Waals surface area (Å²) in [4.78, 5) is 24.0. The van der Waals surface area contributed by atoms with Crippen molar-refractivity contribution in [2.75, 3.05) is 25.1 Å². The molecule has 0 aromatic carbocycles. The zero-order valence-electron chi connectivity index (χ0n) is 15.3. The van der Waals surface area contributed by atoms with Crippen molar-refractivity contribution >= 4 is 23.1 Å². The van der Waals surface area contributed by atoms with Crippen LogP contribution in [0.3, 0.4) is 0 Å². The van der Waals surface area contributed by atoms with Crippen LogP contribution >= 0.6 is 11.3 Å². The van der Waals surface area contributed by atoms with Gasteiger partial charge >= 0.3 is 5.97 Å². The Morgan fingerprint density at radius 1 is 1.38 bits per heavy atom. The standard InChI is InChI=1S/C19H25N3O3S/c1-3-4-5-14-12-20-17(15-6-7-16(25-2)26-15)18(21-14)22-10-8-13(9-11-22)19(23)24/h6-7,12-13H,3-5,8-11H2,1-2H3,(H,23,24). The number of piperidine rings is 1. The third-order valence-corrected chi connectivity index (χ3v) is 5.80. The summed E-state index contributed by atoms with van der Waals surface area (Å²) in [7, 11) is 1.66. The molecule has 3 heterocycles. The normalized spacial score (nSPS) is 15.2. The number of ether oxygens (including phenoxy) is 1. The molecule has 140 valence electrons. The zero-order valence-corrected chi connectivity index (χ0v) is 16.1. The second-order valence-electron chi connectivity index (χ2n) is 6.56. The van der Waals surface area contributed by atoms with Gasteiger partial charge in [-0.2, -0.15) is 0 Å². The molecular formula is C19H25N3O3S. The summed E-state index contributed by atoms with van der Waals surface area (Å²) in [6, 6.07) is 3.94. The molecule has 0 aliphatic carbocycles. The summed E-state index contributed by atoms with van der Waals surface area (Å²) in [6.45, 7) is 3.55. The van der Waals surface area contributed by atoms with E-state index in [4.69, 9.17) is 14.7 Å². The lowest BCUT2D eigenvalue weighted by molar-refractivity contribution is -0.142. The molecule has 1 aliphatic rings. The predicted molar refractivity (Wildman–Crippen MR) is 103 cm³/mol. The number of carboxylic acid groups (broad SMARTS) is 1. The first kappa shape index (κ1) is 18.6. The summed E-state index contributed by atoms with van der Waals surface area (Å²) >= 11 is 1.55.